The van der Waals surface area contributed by atoms with Crippen molar-refractivity contribution in [2.24, 2.45) is 0 Å². The molecule has 0 amide bonds. The Morgan fingerprint density at radius 3 is 1.90 bits per heavy atom. The summed E-state index contributed by atoms with van der Waals surface area (Å²) in [6, 6.07) is 6.56. The number of aromatic nitrogens is 3. The molecular weight excluding hydrogens is 710 g/mol. The van der Waals surface area contributed by atoms with Crippen molar-refractivity contribution in [3.63, 3.8) is 0 Å². The molecule has 1 aliphatic rings. The van der Waals surface area contributed by atoms with Gasteiger partial charge in [-0.15, -0.1) is 0 Å². The van der Waals surface area contributed by atoms with Gasteiger partial charge in [0.15, 0.2) is 11.6 Å². The number of hydrogen-bond donors (Lipinski definition) is 5. The summed E-state index contributed by atoms with van der Waals surface area (Å²) in [5, 5.41) is 5.49. The van der Waals surface area contributed by atoms with Crippen LogP contribution in [0.1, 0.15) is 55.5 Å². The number of benzene rings is 3. The van der Waals surface area contributed by atoms with Crippen molar-refractivity contribution in [3.05, 3.63) is 74.6 Å². The Hall–Kier alpha value is -2.68. The molecule has 6 N–H and O–H groups in total. The second kappa shape index (κ2) is 14.7. The Morgan fingerprint density at radius 2 is 1.38 bits per heavy atom. The first-order chi connectivity index (χ1) is 21.4. The third kappa shape index (κ3) is 7.27. The van der Waals surface area contributed by atoms with Crippen LogP contribution in [-0.4, -0.2) is 118 Å². The Bertz CT molecular complexity index is 2240. The van der Waals surface area contributed by atoms with Crippen LogP contribution in [0.5, 0.6) is 6.01 Å². The Morgan fingerprint density at radius 1 is 0.833 bits per heavy atom. The van der Waals surface area contributed by atoms with Gasteiger partial charge < -0.3 is 21.1 Å². The number of ketones is 2. The first-order valence-corrected chi connectivity index (χ1v) is 16.5. The van der Waals surface area contributed by atoms with E-state index in [1.165, 1.54) is 38.1 Å². The standard InChI is InChI=1S/C28H25ClN6O9S2.2Na/c1-5-44-28-34-26(29)33-27(35-28)32-22-11(2)21(12(3)25(13(22)4)46(41,42)43)31-16-10-17(45(38,39)40)20(30)19-18(16)23(36)14-8-6-7-9-15(14)24(19)37;;/h6-10,31H,5,30H2,1-4H3,(H,38,39,40)(H,41,42,43)(H,32,33,34,35);;. The van der Waals surface area contributed by atoms with Crippen LogP contribution < -0.4 is 21.1 Å². The number of nitrogen functional groups attached to an aromatic ring is 1. The number of rotatable bonds is 8. The van der Waals surface area contributed by atoms with Gasteiger partial charge in [0.1, 0.15) is 9.79 Å². The molecule has 0 bridgehead atoms. The third-order valence-corrected chi connectivity index (χ3v) is 9.47. The third-order valence-electron chi connectivity index (χ3n) is 7.27. The van der Waals surface area contributed by atoms with Crippen molar-refractivity contribution in [2.75, 3.05) is 23.0 Å². The molecule has 15 nitrogen and oxygen atoms in total. The number of nitrogens with two attached hydrogens (primary N) is 1. The van der Waals surface area contributed by atoms with Gasteiger partial charge in [-0.1, -0.05) is 24.3 Å². The monoisotopic (exact) mass is 734 g/mol. The zero-order valence-electron chi connectivity index (χ0n) is 26.5. The Kier molecular flexibility index (Phi) is 12.1. The number of nitrogens with zero attached hydrogens (tertiary/aromatic N) is 3. The molecule has 5 rings (SSSR count). The molecule has 1 aromatic heterocycles. The normalized spacial score (nSPS) is 12.3. The largest absolute Gasteiger partial charge is 0.464 e. The summed E-state index contributed by atoms with van der Waals surface area (Å²) >= 11 is 6.02. The molecule has 0 saturated carbocycles. The van der Waals surface area contributed by atoms with E-state index in [1.807, 2.05) is 0 Å². The van der Waals surface area contributed by atoms with E-state index >= 15 is 0 Å². The average Bonchev–Trinajstić information content (AvgIpc) is 2.95. The van der Waals surface area contributed by atoms with E-state index in [0.29, 0.717) is 0 Å². The number of halogens is 1. The first-order valence-electron chi connectivity index (χ1n) is 13.3. The number of fused-ring (bicyclic) bond motifs is 2. The molecule has 0 atom stereocenters. The average molecular weight is 735 g/mol. The molecule has 2 radical (unpaired) electrons. The number of nitrogens with one attached hydrogen (secondary N) is 2. The van der Waals surface area contributed by atoms with Gasteiger partial charge >= 0.3 is 6.01 Å². The summed E-state index contributed by atoms with van der Waals surface area (Å²) in [5.41, 5.74) is 4.63. The van der Waals surface area contributed by atoms with Gasteiger partial charge in [-0.05, 0) is 62.1 Å². The second-order valence-corrected chi connectivity index (χ2v) is 13.2. The zero-order chi connectivity index (χ0) is 33.9. The maximum absolute atomic E-state index is 13.8. The minimum atomic E-state index is -5.04. The summed E-state index contributed by atoms with van der Waals surface area (Å²) in [4.78, 5) is 37.9. The molecule has 4 aromatic rings. The van der Waals surface area contributed by atoms with Crippen LogP contribution in [0.25, 0.3) is 0 Å². The number of carbonyl (C=O) groups excluding carboxylic acids is 2. The van der Waals surface area contributed by atoms with E-state index < -0.39 is 52.8 Å². The molecule has 3 aromatic carbocycles. The van der Waals surface area contributed by atoms with E-state index in [9.17, 15) is 35.5 Å². The fraction of sp³-hybridized carbons (Fsp3) is 0.179. The number of hydrogen-bond acceptors (Lipinski definition) is 13. The molecule has 0 aliphatic heterocycles. The van der Waals surface area contributed by atoms with Crippen LogP contribution in [0.3, 0.4) is 0 Å². The van der Waals surface area contributed by atoms with Crippen molar-refractivity contribution in [1.29, 1.82) is 0 Å². The molecule has 0 saturated heterocycles. The van der Waals surface area contributed by atoms with Crippen molar-refractivity contribution < 1.29 is 40.3 Å². The van der Waals surface area contributed by atoms with Crippen LogP contribution in [0, 0.1) is 20.8 Å². The second-order valence-electron chi connectivity index (χ2n) is 10.1. The molecule has 242 valence electrons. The summed E-state index contributed by atoms with van der Waals surface area (Å²) in [6.07, 6.45) is 0. The maximum Gasteiger partial charge on any atom is 0.322 e. The molecule has 0 unspecified atom stereocenters. The van der Waals surface area contributed by atoms with E-state index in [2.05, 4.69) is 25.6 Å². The molecule has 0 fully saturated rings. The number of ether oxygens (including phenoxy) is 1. The minimum Gasteiger partial charge on any atom is -0.464 e. The first kappa shape index (κ1) is 39.8. The Labute approximate surface area is 324 Å². The van der Waals surface area contributed by atoms with E-state index in [4.69, 9.17) is 22.1 Å². The fourth-order valence-electron chi connectivity index (χ4n) is 5.39. The van der Waals surface area contributed by atoms with Gasteiger partial charge in [0.05, 0.1) is 34.8 Å². The van der Waals surface area contributed by atoms with Crippen molar-refractivity contribution in [1.82, 2.24) is 15.0 Å². The van der Waals surface area contributed by atoms with Gasteiger partial charge in [0.25, 0.3) is 20.2 Å². The molecule has 0 spiro atoms. The molecule has 1 aliphatic carbocycles. The van der Waals surface area contributed by atoms with Gasteiger partial charge in [0.2, 0.25) is 11.2 Å². The SMILES string of the molecule is CCOc1nc(Cl)nc(Nc2c(C)c(Nc3cc(S(=O)(=O)O)c(N)c4c3C(=O)c3ccccc3C4=O)c(C)c(S(=O)(=O)O)c2C)n1.[Na].[Na]. The van der Waals surface area contributed by atoms with E-state index in [1.54, 1.807) is 13.8 Å². The molecule has 1 heterocycles. The molecule has 20 heteroatoms. The van der Waals surface area contributed by atoms with Gasteiger partial charge in [0, 0.05) is 75.9 Å². The summed E-state index contributed by atoms with van der Waals surface area (Å²) in [7, 11) is -9.96. The molecule has 48 heavy (non-hydrogen) atoms. The van der Waals surface area contributed by atoms with Gasteiger partial charge in [-0.25, -0.2) is 0 Å². The van der Waals surface area contributed by atoms with Gasteiger partial charge in [-0.3, -0.25) is 18.7 Å². The van der Waals surface area contributed by atoms with Crippen molar-refractivity contribution >= 4 is 131 Å². The minimum absolute atomic E-state index is 0. The number of carbonyl (C=O) groups is 2. The topological polar surface area (TPSA) is 241 Å². The van der Waals surface area contributed by atoms with E-state index in [0.717, 1.165) is 6.07 Å². The van der Waals surface area contributed by atoms with Gasteiger partial charge in [-0.2, -0.15) is 31.8 Å². The van der Waals surface area contributed by atoms with Crippen LogP contribution in [0.4, 0.5) is 28.7 Å². The number of anilines is 5. The summed E-state index contributed by atoms with van der Waals surface area (Å²) in [5.74, 6) is -1.62. The zero-order valence-corrected chi connectivity index (χ0v) is 32.8. The smallest absolute Gasteiger partial charge is 0.322 e. The maximum atomic E-state index is 13.8. The summed E-state index contributed by atoms with van der Waals surface area (Å²) in [6.45, 7) is 6.20. The van der Waals surface area contributed by atoms with Crippen LogP contribution in [0.2, 0.25) is 5.28 Å². The predicted molar refractivity (Wildman–Crippen MR) is 179 cm³/mol. The summed E-state index contributed by atoms with van der Waals surface area (Å²) < 4.78 is 75.7. The van der Waals surface area contributed by atoms with Crippen LogP contribution in [-0.2, 0) is 20.2 Å². The van der Waals surface area contributed by atoms with Crippen LogP contribution in [0.15, 0.2) is 40.1 Å². The fourth-order valence-corrected chi connectivity index (χ4v) is 7.17. The van der Waals surface area contributed by atoms with Crippen molar-refractivity contribution in [3.8, 4) is 6.01 Å². The molecular formula is C28H25ClN6Na2O9S2. The Balaban J connectivity index is 0.00000312. The quantitative estimate of drug-likeness (QED) is 0.0871. The predicted octanol–water partition coefficient (Wildman–Crippen LogP) is 3.43. The van der Waals surface area contributed by atoms with Crippen LogP contribution >= 0.6 is 11.6 Å². The van der Waals surface area contributed by atoms with E-state index in [-0.39, 0.29) is 133 Å². The van der Waals surface area contributed by atoms with Crippen molar-refractivity contribution in [2.45, 2.75) is 37.5 Å².